The highest BCUT2D eigenvalue weighted by Crippen LogP contribution is 2.16. The van der Waals surface area contributed by atoms with Gasteiger partial charge in [0.15, 0.2) is 0 Å². The molecule has 4 heteroatoms. The van der Waals surface area contributed by atoms with Crippen LogP contribution in [0.4, 0.5) is 0 Å². The molecule has 1 atom stereocenters. The van der Waals surface area contributed by atoms with E-state index >= 15 is 0 Å². The fourth-order valence-electron chi connectivity index (χ4n) is 6.12. The maximum Gasteiger partial charge on any atom is 0.313 e. The van der Waals surface area contributed by atoms with Gasteiger partial charge in [0.05, 0.1) is 18.9 Å². The van der Waals surface area contributed by atoms with Crippen LogP contribution in [0.15, 0.2) is 24.3 Å². The molecule has 0 spiro atoms. The van der Waals surface area contributed by atoms with Gasteiger partial charge in [-0.2, -0.15) is 0 Å². The van der Waals surface area contributed by atoms with Crippen LogP contribution >= 0.6 is 0 Å². The largest absolute Gasteiger partial charge is 0.481 e. The number of aliphatic carboxylic acids is 1. The average Bonchev–Trinajstić information content (AvgIpc) is 3.04. The van der Waals surface area contributed by atoms with Crippen molar-refractivity contribution in [1.29, 1.82) is 0 Å². The molecule has 0 saturated heterocycles. The van der Waals surface area contributed by atoms with Gasteiger partial charge >= 0.3 is 11.9 Å². The van der Waals surface area contributed by atoms with Crippen molar-refractivity contribution in [2.45, 2.75) is 219 Å². The molecule has 0 aromatic rings. The molecule has 46 heavy (non-hydrogen) atoms. The van der Waals surface area contributed by atoms with Crippen molar-refractivity contribution in [2.75, 3.05) is 6.61 Å². The fourth-order valence-corrected chi connectivity index (χ4v) is 6.12. The van der Waals surface area contributed by atoms with Crippen LogP contribution in [0.1, 0.15) is 219 Å². The minimum absolute atomic E-state index is 0.191. The molecule has 0 amide bonds. The molecule has 0 fully saturated rings. The van der Waals surface area contributed by atoms with E-state index in [2.05, 4.69) is 26.0 Å². The van der Waals surface area contributed by atoms with Crippen LogP contribution in [0.25, 0.3) is 0 Å². The Balaban J connectivity index is 3.65. The van der Waals surface area contributed by atoms with Crippen molar-refractivity contribution < 1.29 is 19.4 Å². The standard InChI is InChI=1S/C42H78O4/c1-3-5-7-9-11-13-15-17-19-20-21-22-23-24-26-28-30-32-34-36-38-46-42(45)40(39-41(43)44)37-35-33-31-29-27-25-18-16-14-12-10-8-6-4-2/h17,19,35,37,40H,3-16,18,20-34,36,38-39H2,1-2H3,(H,43,44)/b19-17-,37-35?. The highest BCUT2D eigenvalue weighted by atomic mass is 16.5. The molecule has 0 aromatic heterocycles. The van der Waals surface area contributed by atoms with Crippen molar-refractivity contribution in [3.8, 4) is 0 Å². The zero-order valence-corrected chi connectivity index (χ0v) is 30.9. The lowest BCUT2D eigenvalue weighted by atomic mass is 10.0. The number of ether oxygens (including phenoxy) is 1. The van der Waals surface area contributed by atoms with E-state index in [0.29, 0.717) is 6.61 Å². The molecule has 0 heterocycles. The van der Waals surface area contributed by atoms with Crippen molar-refractivity contribution in [3.63, 3.8) is 0 Å². The van der Waals surface area contributed by atoms with Crippen LogP contribution in [-0.4, -0.2) is 23.7 Å². The van der Waals surface area contributed by atoms with Crippen LogP contribution in [0.3, 0.4) is 0 Å². The Bertz CT molecular complexity index is 698. The number of carboxylic acids is 1. The highest BCUT2D eigenvalue weighted by molar-refractivity contribution is 5.80. The minimum Gasteiger partial charge on any atom is -0.481 e. The molecule has 0 aliphatic carbocycles. The highest BCUT2D eigenvalue weighted by Gasteiger charge is 2.20. The Labute approximate surface area is 287 Å². The maximum absolute atomic E-state index is 12.5. The number of carbonyl (C=O) groups excluding carboxylic acids is 1. The van der Waals surface area contributed by atoms with Crippen molar-refractivity contribution in [1.82, 2.24) is 0 Å². The third-order valence-corrected chi connectivity index (χ3v) is 9.19. The average molecular weight is 647 g/mol. The van der Waals surface area contributed by atoms with Gasteiger partial charge in [-0.15, -0.1) is 0 Å². The second-order valence-electron chi connectivity index (χ2n) is 13.8. The number of unbranched alkanes of at least 4 members (excludes halogenated alkanes) is 28. The first-order valence-electron chi connectivity index (χ1n) is 20.3. The Kier molecular flexibility index (Phi) is 36.6. The van der Waals surface area contributed by atoms with E-state index in [0.717, 1.165) is 25.7 Å². The summed E-state index contributed by atoms with van der Waals surface area (Å²) in [6, 6.07) is 0. The second kappa shape index (κ2) is 37.9. The van der Waals surface area contributed by atoms with Crippen LogP contribution in [0.5, 0.6) is 0 Å². The molecule has 270 valence electrons. The van der Waals surface area contributed by atoms with Crippen molar-refractivity contribution >= 4 is 11.9 Å². The molecular weight excluding hydrogens is 568 g/mol. The molecule has 4 nitrogen and oxygen atoms in total. The lowest BCUT2D eigenvalue weighted by molar-refractivity contribution is -0.151. The lowest BCUT2D eigenvalue weighted by Crippen LogP contribution is -2.19. The lowest BCUT2D eigenvalue weighted by Gasteiger charge is -2.11. The molecule has 1 unspecified atom stereocenters. The summed E-state index contributed by atoms with van der Waals surface area (Å²) in [6.45, 7) is 4.94. The monoisotopic (exact) mass is 647 g/mol. The summed E-state index contributed by atoms with van der Waals surface area (Å²) >= 11 is 0. The Morgan fingerprint density at radius 2 is 0.804 bits per heavy atom. The maximum atomic E-state index is 12.5. The number of carbonyl (C=O) groups is 2. The molecule has 0 radical (unpaired) electrons. The van der Waals surface area contributed by atoms with Crippen LogP contribution < -0.4 is 0 Å². The summed E-state index contributed by atoms with van der Waals surface area (Å²) in [5.41, 5.74) is 0. The van der Waals surface area contributed by atoms with E-state index in [1.165, 1.54) is 173 Å². The summed E-state index contributed by atoms with van der Waals surface area (Å²) in [4.78, 5) is 23.8. The Hall–Kier alpha value is -1.58. The molecule has 0 rings (SSSR count). The van der Waals surface area contributed by atoms with E-state index in [-0.39, 0.29) is 12.4 Å². The molecule has 0 bridgehead atoms. The van der Waals surface area contributed by atoms with Crippen molar-refractivity contribution in [3.05, 3.63) is 24.3 Å². The van der Waals surface area contributed by atoms with E-state index < -0.39 is 11.9 Å². The SMILES string of the molecule is CCCCCCCC/C=C\CCCCCCCCCCCCOC(=O)C(C=CCCCCCCCCCCCCCC)CC(=O)O. The molecule has 0 aliphatic rings. The molecule has 0 saturated carbocycles. The molecular formula is C42H78O4. The summed E-state index contributed by atoms with van der Waals surface area (Å²) in [6.07, 6.45) is 48.2. The zero-order chi connectivity index (χ0) is 33.6. The van der Waals surface area contributed by atoms with E-state index in [1.807, 2.05) is 6.08 Å². The predicted molar refractivity (Wildman–Crippen MR) is 199 cm³/mol. The van der Waals surface area contributed by atoms with Gasteiger partial charge in [0.2, 0.25) is 0 Å². The first-order valence-corrected chi connectivity index (χ1v) is 20.3. The smallest absolute Gasteiger partial charge is 0.313 e. The number of allylic oxidation sites excluding steroid dienone is 3. The fraction of sp³-hybridized carbons (Fsp3) is 0.857. The Morgan fingerprint density at radius 1 is 0.478 bits per heavy atom. The van der Waals surface area contributed by atoms with Gasteiger partial charge in [-0.3, -0.25) is 9.59 Å². The summed E-state index contributed by atoms with van der Waals surface area (Å²) in [5, 5.41) is 9.25. The van der Waals surface area contributed by atoms with Gasteiger partial charge in [0, 0.05) is 0 Å². The number of hydrogen-bond acceptors (Lipinski definition) is 3. The van der Waals surface area contributed by atoms with Crippen LogP contribution in [0.2, 0.25) is 0 Å². The normalized spacial score (nSPS) is 12.4. The summed E-state index contributed by atoms with van der Waals surface area (Å²) < 4.78 is 5.45. The quantitative estimate of drug-likeness (QED) is 0.0414. The zero-order valence-electron chi connectivity index (χ0n) is 30.9. The molecule has 1 N–H and O–H groups in total. The first kappa shape index (κ1) is 44.4. The van der Waals surface area contributed by atoms with Gasteiger partial charge in [0.1, 0.15) is 0 Å². The molecule has 0 aromatic carbocycles. The van der Waals surface area contributed by atoms with Gasteiger partial charge in [-0.25, -0.2) is 0 Å². The topological polar surface area (TPSA) is 63.6 Å². The molecule has 0 aliphatic heterocycles. The first-order chi connectivity index (χ1) is 22.6. The van der Waals surface area contributed by atoms with E-state index in [4.69, 9.17) is 4.74 Å². The van der Waals surface area contributed by atoms with Gasteiger partial charge in [-0.05, 0) is 44.9 Å². The number of carboxylic acid groups (broad SMARTS) is 1. The third kappa shape index (κ3) is 35.3. The van der Waals surface area contributed by atoms with Gasteiger partial charge < -0.3 is 9.84 Å². The summed E-state index contributed by atoms with van der Waals surface area (Å²) in [5.74, 6) is -2.01. The van der Waals surface area contributed by atoms with Gasteiger partial charge in [0.25, 0.3) is 0 Å². The number of hydrogen-bond donors (Lipinski definition) is 1. The number of esters is 1. The van der Waals surface area contributed by atoms with Crippen LogP contribution in [0, 0.1) is 5.92 Å². The van der Waals surface area contributed by atoms with E-state index in [1.54, 1.807) is 6.08 Å². The van der Waals surface area contributed by atoms with E-state index in [9.17, 15) is 14.7 Å². The predicted octanol–water partition coefficient (Wildman–Crippen LogP) is 13.9. The van der Waals surface area contributed by atoms with Crippen molar-refractivity contribution in [2.24, 2.45) is 5.92 Å². The summed E-state index contributed by atoms with van der Waals surface area (Å²) in [7, 11) is 0. The third-order valence-electron chi connectivity index (χ3n) is 9.19. The Morgan fingerprint density at radius 3 is 1.17 bits per heavy atom. The van der Waals surface area contributed by atoms with Crippen LogP contribution in [-0.2, 0) is 14.3 Å². The minimum atomic E-state index is -0.951. The number of rotatable bonds is 37. The van der Waals surface area contributed by atoms with Gasteiger partial charge in [-0.1, -0.05) is 192 Å². The second-order valence-corrected chi connectivity index (χ2v) is 13.8.